The zero-order chi connectivity index (χ0) is 26.6. The molecular weight excluding hydrogens is 478 g/mol. The van der Waals surface area contributed by atoms with Gasteiger partial charge in [-0.1, -0.05) is 55.5 Å². The zero-order valence-electron chi connectivity index (χ0n) is 21.7. The van der Waals surface area contributed by atoms with Gasteiger partial charge in [-0.3, -0.25) is 4.79 Å². The molecule has 0 aliphatic heterocycles. The molecule has 0 fully saturated rings. The third-order valence-electron chi connectivity index (χ3n) is 6.84. The summed E-state index contributed by atoms with van der Waals surface area (Å²) >= 11 is 0. The summed E-state index contributed by atoms with van der Waals surface area (Å²) in [5.41, 5.74) is 5.53. The van der Waals surface area contributed by atoms with Crippen molar-refractivity contribution >= 4 is 45.2 Å². The van der Waals surface area contributed by atoms with E-state index in [1.165, 1.54) is 19.6 Å². The number of anilines is 2. The number of pyridine rings is 1. The number of aromatic amines is 1. The lowest BCUT2D eigenvalue weighted by atomic mass is 10.0. The van der Waals surface area contributed by atoms with Crippen LogP contribution in [0.4, 0.5) is 11.4 Å². The molecule has 1 unspecified atom stereocenters. The van der Waals surface area contributed by atoms with Gasteiger partial charge in [0.25, 0.3) is 0 Å². The van der Waals surface area contributed by atoms with Gasteiger partial charge < -0.3 is 24.9 Å². The monoisotopic (exact) mass is 509 g/mol. The van der Waals surface area contributed by atoms with E-state index in [9.17, 15) is 9.59 Å². The quantitative estimate of drug-likeness (QED) is 0.221. The highest BCUT2D eigenvalue weighted by Gasteiger charge is 2.26. The van der Waals surface area contributed by atoms with Crippen LogP contribution in [-0.4, -0.2) is 40.1 Å². The first-order chi connectivity index (χ1) is 18.5. The summed E-state index contributed by atoms with van der Waals surface area (Å²) in [6.45, 7) is 4.77. The number of methoxy groups -OCH3 is 1. The second kappa shape index (κ2) is 10.8. The molecule has 1 atom stereocenters. The van der Waals surface area contributed by atoms with E-state index in [1.807, 2.05) is 53.2 Å². The minimum Gasteiger partial charge on any atom is -0.464 e. The van der Waals surface area contributed by atoms with E-state index < -0.39 is 5.97 Å². The highest BCUT2D eigenvalue weighted by molar-refractivity contribution is 6.11. The van der Waals surface area contributed by atoms with Gasteiger partial charge in [0.05, 0.1) is 24.7 Å². The number of ether oxygens (including phenoxy) is 1. The molecule has 0 radical (unpaired) electrons. The highest BCUT2D eigenvalue weighted by Crippen LogP contribution is 2.33. The van der Waals surface area contributed by atoms with E-state index in [2.05, 4.69) is 40.7 Å². The Morgan fingerprint density at radius 1 is 1.08 bits per heavy atom. The number of H-pyrrole nitrogens is 1. The number of amides is 1. The normalized spacial score (nSPS) is 12.0. The Morgan fingerprint density at radius 2 is 1.84 bits per heavy atom. The number of esters is 1. The van der Waals surface area contributed by atoms with Crippen LogP contribution < -0.4 is 10.6 Å². The van der Waals surface area contributed by atoms with Crippen molar-refractivity contribution in [2.75, 3.05) is 24.3 Å². The fourth-order valence-corrected chi connectivity index (χ4v) is 4.89. The third kappa shape index (κ3) is 4.98. The number of hydrogen-bond donors (Lipinski definition) is 3. The molecule has 194 valence electrons. The fraction of sp³-hybridized carbons (Fsp3) is 0.233. The van der Waals surface area contributed by atoms with Crippen molar-refractivity contribution in [3.05, 3.63) is 89.9 Å². The summed E-state index contributed by atoms with van der Waals surface area (Å²) < 4.78 is 6.97. The Morgan fingerprint density at radius 3 is 2.61 bits per heavy atom. The molecule has 0 spiro atoms. The van der Waals surface area contributed by atoms with Gasteiger partial charge in [0, 0.05) is 42.5 Å². The van der Waals surface area contributed by atoms with Gasteiger partial charge in [-0.25, -0.2) is 9.78 Å². The van der Waals surface area contributed by atoms with Crippen LogP contribution in [0.1, 0.15) is 41.4 Å². The van der Waals surface area contributed by atoms with E-state index in [0.717, 1.165) is 22.2 Å². The van der Waals surface area contributed by atoms with Gasteiger partial charge >= 0.3 is 5.97 Å². The Labute approximate surface area is 221 Å². The van der Waals surface area contributed by atoms with Gasteiger partial charge in [-0.15, -0.1) is 0 Å². The van der Waals surface area contributed by atoms with E-state index in [0.29, 0.717) is 36.2 Å². The van der Waals surface area contributed by atoms with Crippen molar-refractivity contribution in [2.24, 2.45) is 0 Å². The van der Waals surface area contributed by atoms with E-state index >= 15 is 0 Å². The number of fused-ring (bicyclic) bond motifs is 2. The van der Waals surface area contributed by atoms with Crippen molar-refractivity contribution in [3.8, 4) is 0 Å². The molecule has 0 saturated heterocycles. The lowest BCUT2D eigenvalue weighted by molar-refractivity contribution is -0.114. The second-order valence-electron chi connectivity index (χ2n) is 9.45. The predicted molar refractivity (Wildman–Crippen MR) is 151 cm³/mol. The number of hydrogen-bond acceptors (Lipinski definition) is 5. The largest absolute Gasteiger partial charge is 0.464 e. The SMILES string of the molecule is COC(=O)c1c(NC(C)=O)c2cc(NCC(C)c3ccccc3)cnc2n1CCc1c[nH]c2ccccc12. The van der Waals surface area contributed by atoms with E-state index in [-0.39, 0.29) is 17.5 Å². The van der Waals surface area contributed by atoms with Crippen LogP contribution in [0.2, 0.25) is 0 Å². The standard InChI is InChI=1S/C30H31N5O3/c1-19(21-9-5-4-6-10-21)16-31-23-15-25-27(34-20(2)36)28(30(37)38-3)35(29(25)33-18-23)14-13-22-17-32-26-12-8-7-11-24(22)26/h4-12,15,17-19,31-32H,13-14,16H2,1-3H3,(H,34,36). The van der Waals surface area contributed by atoms with E-state index in [4.69, 9.17) is 9.72 Å². The van der Waals surface area contributed by atoms with Crippen LogP contribution in [0.5, 0.6) is 0 Å². The number of nitrogens with one attached hydrogen (secondary N) is 3. The number of benzene rings is 2. The van der Waals surface area contributed by atoms with Crippen molar-refractivity contribution in [2.45, 2.75) is 32.7 Å². The third-order valence-corrected chi connectivity index (χ3v) is 6.84. The summed E-state index contributed by atoms with van der Waals surface area (Å²) in [5.74, 6) is -0.520. The molecule has 8 nitrogen and oxygen atoms in total. The number of carbonyl (C=O) groups is 2. The van der Waals surface area contributed by atoms with Gasteiger partial charge in [-0.2, -0.15) is 0 Å². The average Bonchev–Trinajstić information content (AvgIpc) is 3.48. The molecular formula is C30H31N5O3. The maximum absolute atomic E-state index is 13.0. The van der Waals surface area contributed by atoms with E-state index in [1.54, 1.807) is 6.20 Å². The number of aryl methyl sites for hydroxylation is 2. The molecule has 0 aliphatic rings. The van der Waals surface area contributed by atoms with Crippen molar-refractivity contribution in [1.29, 1.82) is 0 Å². The van der Waals surface area contributed by atoms with Gasteiger partial charge in [-0.05, 0) is 35.6 Å². The Kier molecular flexibility index (Phi) is 7.13. The minimum atomic E-state index is -0.530. The highest BCUT2D eigenvalue weighted by atomic mass is 16.5. The Hall–Kier alpha value is -4.59. The average molecular weight is 510 g/mol. The summed E-state index contributed by atoms with van der Waals surface area (Å²) in [4.78, 5) is 33.2. The first-order valence-corrected chi connectivity index (χ1v) is 12.7. The Bertz CT molecular complexity index is 1600. The maximum Gasteiger partial charge on any atom is 0.356 e. The first kappa shape index (κ1) is 25.1. The molecule has 0 bridgehead atoms. The van der Waals surface area contributed by atoms with Gasteiger partial charge in [0.15, 0.2) is 5.69 Å². The van der Waals surface area contributed by atoms with Crippen LogP contribution in [0, 0.1) is 0 Å². The number of para-hydroxylation sites is 1. The number of nitrogens with zero attached hydrogens (tertiary/aromatic N) is 2. The van der Waals surface area contributed by atoms with Crippen molar-refractivity contribution in [3.63, 3.8) is 0 Å². The topological polar surface area (TPSA) is 101 Å². The Balaban J connectivity index is 1.51. The molecule has 3 aromatic heterocycles. The number of rotatable bonds is 9. The summed E-state index contributed by atoms with van der Waals surface area (Å²) in [6, 6.07) is 20.3. The van der Waals surface area contributed by atoms with Crippen LogP contribution in [-0.2, 0) is 22.5 Å². The van der Waals surface area contributed by atoms with Crippen molar-refractivity contribution < 1.29 is 14.3 Å². The van der Waals surface area contributed by atoms with Gasteiger partial charge in [0.2, 0.25) is 5.91 Å². The van der Waals surface area contributed by atoms with Crippen LogP contribution >= 0.6 is 0 Å². The predicted octanol–water partition coefficient (Wildman–Crippen LogP) is 5.72. The lowest BCUT2D eigenvalue weighted by Crippen LogP contribution is -2.16. The zero-order valence-corrected chi connectivity index (χ0v) is 21.7. The summed E-state index contributed by atoms with van der Waals surface area (Å²) in [5, 5.41) is 8.13. The molecule has 38 heavy (non-hydrogen) atoms. The lowest BCUT2D eigenvalue weighted by Gasteiger charge is -2.14. The fourth-order valence-electron chi connectivity index (χ4n) is 4.89. The molecule has 5 aromatic rings. The molecule has 5 rings (SSSR count). The molecule has 0 saturated carbocycles. The summed E-state index contributed by atoms with van der Waals surface area (Å²) in [7, 11) is 1.34. The molecule has 8 heteroatoms. The molecule has 3 N–H and O–H groups in total. The molecule has 3 heterocycles. The first-order valence-electron chi connectivity index (χ1n) is 12.7. The second-order valence-corrected chi connectivity index (χ2v) is 9.45. The van der Waals surface area contributed by atoms with Crippen LogP contribution in [0.15, 0.2) is 73.1 Å². The number of carbonyl (C=O) groups excluding carboxylic acids is 2. The van der Waals surface area contributed by atoms with Crippen LogP contribution in [0.25, 0.3) is 21.9 Å². The van der Waals surface area contributed by atoms with Crippen molar-refractivity contribution in [1.82, 2.24) is 14.5 Å². The number of aromatic nitrogens is 3. The van der Waals surface area contributed by atoms with Crippen LogP contribution in [0.3, 0.4) is 0 Å². The van der Waals surface area contributed by atoms with Gasteiger partial charge in [0.1, 0.15) is 5.65 Å². The maximum atomic E-state index is 13.0. The smallest absolute Gasteiger partial charge is 0.356 e. The summed E-state index contributed by atoms with van der Waals surface area (Å²) in [6.07, 6.45) is 4.42. The molecule has 0 aliphatic carbocycles. The molecule has 2 aromatic carbocycles. The minimum absolute atomic E-state index is 0.276. The molecule has 1 amide bonds.